The standard InChI is InChI=1S/C11H21N3O5/c1-3-4-5-18-10-8(13-14-12)11(17-2)19-7(6-15)9(10)16/h7-11,15-16H,3-6H2,1-2H3. The van der Waals surface area contributed by atoms with Gasteiger partial charge >= 0.3 is 0 Å². The summed E-state index contributed by atoms with van der Waals surface area (Å²) in [6, 6.07) is -0.787. The Bertz CT molecular complexity index is 311. The van der Waals surface area contributed by atoms with Crippen LogP contribution in [0.1, 0.15) is 19.8 Å². The topological polar surface area (TPSA) is 117 Å². The van der Waals surface area contributed by atoms with Crippen LogP contribution in [0.15, 0.2) is 5.11 Å². The molecule has 0 aromatic heterocycles. The number of hydrogen-bond donors (Lipinski definition) is 2. The lowest BCUT2D eigenvalue weighted by molar-refractivity contribution is -0.265. The first kappa shape index (κ1) is 16.2. The Labute approximate surface area is 111 Å². The minimum Gasteiger partial charge on any atom is -0.394 e. The summed E-state index contributed by atoms with van der Waals surface area (Å²) in [5.74, 6) is 0. The van der Waals surface area contributed by atoms with Crippen molar-refractivity contribution >= 4 is 0 Å². The van der Waals surface area contributed by atoms with Crippen LogP contribution in [-0.2, 0) is 14.2 Å². The first-order valence-electron chi connectivity index (χ1n) is 6.32. The first-order chi connectivity index (χ1) is 9.19. The highest BCUT2D eigenvalue weighted by Crippen LogP contribution is 2.26. The number of unbranched alkanes of at least 4 members (excludes halogenated alkanes) is 1. The van der Waals surface area contributed by atoms with Crippen molar-refractivity contribution in [3.63, 3.8) is 0 Å². The van der Waals surface area contributed by atoms with Crippen LogP contribution in [0.3, 0.4) is 0 Å². The summed E-state index contributed by atoms with van der Waals surface area (Å²) in [6.45, 7) is 2.09. The molecule has 0 bridgehead atoms. The van der Waals surface area contributed by atoms with Crippen LogP contribution in [0.5, 0.6) is 0 Å². The quantitative estimate of drug-likeness (QED) is 0.305. The molecular formula is C11H21N3O5. The maximum atomic E-state index is 10.1. The fourth-order valence-electron chi connectivity index (χ4n) is 1.99. The van der Waals surface area contributed by atoms with Crippen molar-refractivity contribution in [2.45, 2.75) is 50.4 Å². The van der Waals surface area contributed by atoms with E-state index in [0.717, 1.165) is 12.8 Å². The van der Waals surface area contributed by atoms with Gasteiger partial charge in [0.25, 0.3) is 0 Å². The van der Waals surface area contributed by atoms with Crippen molar-refractivity contribution in [1.82, 2.24) is 0 Å². The van der Waals surface area contributed by atoms with Crippen molar-refractivity contribution in [2.24, 2.45) is 5.11 Å². The average molecular weight is 275 g/mol. The van der Waals surface area contributed by atoms with Gasteiger partial charge in [0.1, 0.15) is 18.2 Å². The van der Waals surface area contributed by atoms with E-state index in [1.807, 2.05) is 6.92 Å². The number of nitrogens with zero attached hydrogens (tertiary/aromatic N) is 3. The molecule has 2 N–H and O–H groups in total. The maximum Gasteiger partial charge on any atom is 0.168 e. The molecule has 1 rings (SSSR count). The lowest BCUT2D eigenvalue weighted by atomic mass is 9.97. The second-order valence-electron chi connectivity index (χ2n) is 4.34. The molecule has 8 heteroatoms. The van der Waals surface area contributed by atoms with Gasteiger partial charge in [-0.2, -0.15) is 0 Å². The van der Waals surface area contributed by atoms with Gasteiger partial charge in [-0.05, 0) is 12.0 Å². The van der Waals surface area contributed by atoms with Crippen molar-refractivity contribution in [1.29, 1.82) is 0 Å². The van der Waals surface area contributed by atoms with Gasteiger partial charge < -0.3 is 24.4 Å². The smallest absolute Gasteiger partial charge is 0.168 e. The fourth-order valence-corrected chi connectivity index (χ4v) is 1.99. The van der Waals surface area contributed by atoms with Gasteiger partial charge in [-0.1, -0.05) is 18.5 Å². The molecule has 110 valence electrons. The molecule has 0 saturated carbocycles. The van der Waals surface area contributed by atoms with Gasteiger partial charge in [-0.3, -0.25) is 0 Å². The van der Waals surface area contributed by atoms with Crippen LogP contribution in [0, 0.1) is 0 Å². The van der Waals surface area contributed by atoms with Gasteiger partial charge in [-0.15, -0.1) is 0 Å². The van der Waals surface area contributed by atoms with Gasteiger partial charge in [0.2, 0.25) is 0 Å². The van der Waals surface area contributed by atoms with Crippen LogP contribution in [0.25, 0.3) is 10.4 Å². The van der Waals surface area contributed by atoms with Crippen LogP contribution < -0.4 is 0 Å². The van der Waals surface area contributed by atoms with Gasteiger partial charge in [-0.25, -0.2) is 0 Å². The van der Waals surface area contributed by atoms with Crippen LogP contribution in [0.2, 0.25) is 0 Å². The van der Waals surface area contributed by atoms with E-state index in [1.54, 1.807) is 0 Å². The number of methoxy groups -OCH3 is 1. The largest absolute Gasteiger partial charge is 0.394 e. The Hall–Kier alpha value is -0.890. The third-order valence-corrected chi connectivity index (χ3v) is 3.05. The third kappa shape index (κ3) is 4.04. The van der Waals surface area contributed by atoms with Crippen LogP contribution in [0.4, 0.5) is 0 Å². The summed E-state index contributed by atoms with van der Waals surface area (Å²) in [6.07, 6.45) is -1.70. The van der Waals surface area contributed by atoms with E-state index in [0.29, 0.717) is 6.61 Å². The van der Waals surface area contributed by atoms with Crippen LogP contribution in [-0.4, -0.2) is 61.2 Å². The molecule has 0 amide bonds. The summed E-state index contributed by atoms with van der Waals surface area (Å²) < 4.78 is 16.0. The number of rotatable bonds is 7. The van der Waals surface area contributed by atoms with E-state index in [9.17, 15) is 10.2 Å². The molecule has 1 saturated heterocycles. The van der Waals surface area contributed by atoms with Gasteiger partial charge in [0.15, 0.2) is 6.29 Å². The second kappa shape index (κ2) is 8.31. The lowest BCUT2D eigenvalue weighted by Crippen LogP contribution is -2.59. The zero-order chi connectivity index (χ0) is 14.3. The zero-order valence-electron chi connectivity index (χ0n) is 11.2. The Kier molecular flexibility index (Phi) is 7.07. The Balaban J connectivity index is 2.83. The Morgan fingerprint density at radius 2 is 2.21 bits per heavy atom. The second-order valence-corrected chi connectivity index (χ2v) is 4.34. The molecule has 0 radical (unpaired) electrons. The molecule has 5 unspecified atom stereocenters. The molecule has 1 aliphatic rings. The Morgan fingerprint density at radius 1 is 1.47 bits per heavy atom. The molecule has 1 aliphatic heterocycles. The Morgan fingerprint density at radius 3 is 2.74 bits per heavy atom. The molecule has 19 heavy (non-hydrogen) atoms. The highest BCUT2D eigenvalue weighted by atomic mass is 16.7. The zero-order valence-corrected chi connectivity index (χ0v) is 11.2. The van der Waals surface area contributed by atoms with E-state index < -0.39 is 30.6 Å². The van der Waals surface area contributed by atoms with E-state index in [1.165, 1.54) is 7.11 Å². The predicted octanol–water partition coefficient (Wildman–Crippen LogP) is 0.575. The molecule has 1 fully saturated rings. The minimum absolute atomic E-state index is 0.363. The fraction of sp³-hybridized carbons (Fsp3) is 1.00. The third-order valence-electron chi connectivity index (χ3n) is 3.05. The highest BCUT2D eigenvalue weighted by molar-refractivity contribution is 4.94. The van der Waals surface area contributed by atoms with Crippen molar-refractivity contribution in [3.8, 4) is 0 Å². The summed E-state index contributed by atoms with van der Waals surface area (Å²) in [7, 11) is 1.40. The van der Waals surface area contributed by atoms with Crippen molar-refractivity contribution in [2.75, 3.05) is 20.3 Å². The van der Waals surface area contributed by atoms with Gasteiger partial charge in [0, 0.05) is 18.6 Å². The first-order valence-corrected chi connectivity index (χ1v) is 6.32. The van der Waals surface area contributed by atoms with Crippen molar-refractivity contribution in [3.05, 3.63) is 10.4 Å². The molecule has 0 aromatic carbocycles. The normalized spacial score (nSPS) is 34.8. The lowest BCUT2D eigenvalue weighted by Gasteiger charge is -2.41. The highest BCUT2D eigenvalue weighted by Gasteiger charge is 2.45. The predicted molar refractivity (Wildman–Crippen MR) is 66.3 cm³/mol. The van der Waals surface area contributed by atoms with Crippen LogP contribution >= 0.6 is 0 Å². The SMILES string of the molecule is CCCCOC1C(O)C(CO)OC(OC)C1N=[N+]=[N-]. The van der Waals surface area contributed by atoms with E-state index >= 15 is 0 Å². The number of hydrogen-bond acceptors (Lipinski definition) is 6. The average Bonchev–Trinajstić information content (AvgIpc) is 2.42. The minimum atomic E-state index is -1.07. The van der Waals surface area contributed by atoms with E-state index in [4.69, 9.17) is 19.7 Å². The number of aliphatic hydroxyl groups excluding tert-OH is 2. The summed E-state index contributed by atoms with van der Waals surface area (Å²) in [4.78, 5) is 2.73. The molecule has 0 aromatic rings. The number of azide groups is 1. The summed E-state index contributed by atoms with van der Waals surface area (Å²) in [5, 5.41) is 22.8. The summed E-state index contributed by atoms with van der Waals surface area (Å²) >= 11 is 0. The number of ether oxygens (including phenoxy) is 3. The van der Waals surface area contributed by atoms with Gasteiger partial charge in [0.05, 0.1) is 12.7 Å². The molecule has 8 nitrogen and oxygen atoms in total. The summed E-state index contributed by atoms with van der Waals surface area (Å²) in [5.41, 5.74) is 8.59. The molecular weight excluding hydrogens is 254 g/mol. The number of aliphatic hydroxyl groups is 2. The molecule has 0 aliphatic carbocycles. The maximum absolute atomic E-state index is 10.1. The molecule has 0 spiro atoms. The molecule has 5 atom stereocenters. The van der Waals surface area contributed by atoms with E-state index in [2.05, 4.69) is 10.0 Å². The monoisotopic (exact) mass is 275 g/mol. The van der Waals surface area contributed by atoms with E-state index in [-0.39, 0.29) is 6.61 Å². The van der Waals surface area contributed by atoms with Crippen molar-refractivity contribution < 1.29 is 24.4 Å². The molecule has 1 heterocycles.